The van der Waals surface area contributed by atoms with Crippen molar-refractivity contribution in [1.82, 2.24) is 14.8 Å². The molecule has 0 atom stereocenters. The maximum absolute atomic E-state index is 14.3. The van der Waals surface area contributed by atoms with Crippen molar-refractivity contribution in [1.29, 1.82) is 0 Å². The van der Waals surface area contributed by atoms with Crippen LogP contribution in [0.3, 0.4) is 0 Å². The molecule has 7 heteroatoms. The molecular weight excluding hydrogens is 383 g/mol. The van der Waals surface area contributed by atoms with Crippen LogP contribution in [-0.4, -0.2) is 27.3 Å². The van der Waals surface area contributed by atoms with Gasteiger partial charge in [-0.05, 0) is 35.4 Å². The zero-order valence-corrected chi connectivity index (χ0v) is 16.0. The summed E-state index contributed by atoms with van der Waals surface area (Å²) in [5, 5.41) is 6.54. The van der Waals surface area contributed by atoms with Crippen LogP contribution in [0.5, 0.6) is 5.75 Å². The first kappa shape index (κ1) is 19.3. The number of benzene rings is 3. The molecule has 1 amide bonds. The summed E-state index contributed by atoms with van der Waals surface area (Å²) in [7, 11) is 0. The van der Waals surface area contributed by atoms with Gasteiger partial charge in [0.2, 0.25) is 0 Å². The second-order valence-corrected chi connectivity index (χ2v) is 6.61. The van der Waals surface area contributed by atoms with Crippen LogP contribution in [-0.2, 0) is 11.2 Å². The molecule has 1 heterocycles. The Morgan fingerprint density at radius 2 is 1.83 bits per heavy atom. The molecule has 4 aromatic rings. The number of ether oxygens (including phenoxy) is 1. The number of nitrogens with zero attached hydrogens (tertiary/aromatic N) is 3. The third-order valence-electron chi connectivity index (χ3n) is 4.47. The molecule has 0 radical (unpaired) electrons. The normalized spacial score (nSPS) is 10.6. The lowest BCUT2D eigenvalue weighted by Gasteiger charge is -2.12. The summed E-state index contributed by atoms with van der Waals surface area (Å²) in [5.74, 6) is -0.256. The second-order valence-electron chi connectivity index (χ2n) is 6.61. The van der Waals surface area contributed by atoms with Gasteiger partial charge >= 0.3 is 0 Å². The number of amides is 1. The van der Waals surface area contributed by atoms with Crippen LogP contribution in [0.15, 0.2) is 85.5 Å². The number of carbonyl (C=O) groups is 1. The first-order valence-corrected chi connectivity index (χ1v) is 9.38. The van der Waals surface area contributed by atoms with Crippen molar-refractivity contribution >= 4 is 11.6 Å². The molecule has 4 rings (SSSR count). The molecule has 0 aliphatic heterocycles. The van der Waals surface area contributed by atoms with Crippen LogP contribution >= 0.6 is 0 Å². The summed E-state index contributed by atoms with van der Waals surface area (Å²) in [6, 6.07) is 22.0. The number of halogens is 1. The fraction of sp³-hybridized carbons (Fsp3) is 0.0870. The van der Waals surface area contributed by atoms with Gasteiger partial charge in [-0.2, -0.15) is 5.10 Å². The lowest BCUT2D eigenvalue weighted by molar-refractivity contribution is -0.118. The maximum atomic E-state index is 14.3. The van der Waals surface area contributed by atoms with Crippen molar-refractivity contribution in [2.75, 3.05) is 11.9 Å². The summed E-state index contributed by atoms with van der Waals surface area (Å²) in [6.45, 7) is -0.182. The summed E-state index contributed by atoms with van der Waals surface area (Å²) >= 11 is 0. The van der Waals surface area contributed by atoms with Gasteiger partial charge in [0.1, 0.15) is 24.1 Å². The van der Waals surface area contributed by atoms with Crippen molar-refractivity contribution in [3.63, 3.8) is 0 Å². The zero-order chi connectivity index (χ0) is 20.8. The minimum Gasteiger partial charge on any atom is -0.483 e. The van der Waals surface area contributed by atoms with E-state index in [4.69, 9.17) is 4.74 Å². The molecule has 0 unspecified atom stereocenters. The highest BCUT2D eigenvalue weighted by molar-refractivity contribution is 5.92. The topological polar surface area (TPSA) is 69.0 Å². The molecule has 0 fully saturated rings. The quantitative estimate of drug-likeness (QED) is 0.507. The number of hydrogen-bond acceptors (Lipinski definition) is 4. The molecule has 30 heavy (non-hydrogen) atoms. The predicted octanol–water partition coefficient (Wildman–Crippen LogP) is 4.01. The number of aromatic nitrogens is 3. The molecule has 0 saturated carbocycles. The highest BCUT2D eigenvalue weighted by Crippen LogP contribution is 2.22. The Labute approximate surface area is 173 Å². The highest BCUT2D eigenvalue weighted by atomic mass is 19.1. The standard InChI is InChI=1S/C23H19FN4O2/c24-20-13-19(10-11-21(20)28-16-25-15-26-28)27-23(29)14-30-22-9-5-4-8-18(22)12-17-6-2-1-3-7-17/h1-11,13,15-16H,12,14H2,(H,27,29). The average molecular weight is 402 g/mol. The maximum Gasteiger partial charge on any atom is 0.262 e. The largest absolute Gasteiger partial charge is 0.483 e. The van der Waals surface area contributed by atoms with E-state index in [9.17, 15) is 9.18 Å². The van der Waals surface area contributed by atoms with Crippen molar-refractivity contribution in [3.8, 4) is 11.4 Å². The summed E-state index contributed by atoms with van der Waals surface area (Å²) < 4.78 is 21.3. The van der Waals surface area contributed by atoms with Crippen molar-refractivity contribution < 1.29 is 13.9 Å². The number of nitrogens with one attached hydrogen (secondary N) is 1. The molecule has 0 spiro atoms. The molecule has 0 aliphatic rings. The van der Waals surface area contributed by atoms with E-state index in [1.807, 2.05) is 54.6 Å². The number of rotatable bonds is 7. The van der Waals surface area contributed by atoms with E-state index in [0.717, 1.165) is 11.1 Å². The molecule has 0 aliphatic carbocycles. The van der Waals surface area contributed by atoms with Crippen molar-refractivity contribution in [2.24, 2.45) is 0 Å². The van der Waals surface area contributed by atoms with Gasteiger partial charge in [-0.3, -0.25) is 4.79 Å². The Morgan fingerprint density at radius 3 is 2.60 bits per heavy atom. The third-order valence-corrected chi connectivity index (χ3v) is 4.47. The minimum atomic E-state index is -0.521. The molecule has 3 aromatic carbocycles. The van der Waals surface area contributed by atoms with E-state index in [2.05, 4.69) is 15.4 Å². The Hall–Kier alpha value is -4.00. The fourth-order valence-electron chi connectivity index (χ4n) is 3.05. The fourth-order valence-corrected chi connectivity index (χ4v) is 3.05. The summed E-state index contributed by atoms with van der Waals surface area (Å²) in [5.41, 5.74) is 2.72. The molecule has 150 valence electrons. The van der Waals surface area contributed by atoms with Gasteiger partial charge in [0.05, 0.1) is 0 Å². The number of hydrogen-bond donors (Lipinski definition) is 1. The first-order valence-electron chi connectivity index (χ1n) is 9.38. The van der Waals surface area contributed by atoms with Crippen molar-refractivity contribution in [3.05, 3.63) is 102 Å². The molecule has 1 N–H and O–H groups in total. The van der Waals surface area contributed by atoms with Gasteiger partial charge < -0.3 is 10.1 Å². The van der Waals surface area contributed by atoms with E-state index in [1.165, 1.54) is 29.5 Å². The van der Waals surface area contributed by atoms with Gasteiger partial charge in [-0.1, -0.05) is 48.5 Å². The van der Waals surface area contributed by atoms with E-state index in [1.54, 1.807) is 6.07 Å². The predicted molar refractivity (Wildman–Crippen MR) is 111 cm³/mol. The third kappa shape index (κ3) is 4.70. The number of carbonyl (C=O) groups excluding carboxylic acids is 1. The van der Waals surface area contributed by atoms with Gasteiger partial charge in [0, 0.05) is 12.1 Å². The Bertz CT molecular complexity index is 1130. The highest BCUT2D eigenvalue weighted by Gasteiger charge is 2.10. The average Bonchev–Trinajstić information content (AvgIpc) is 3.28. The molecule has 1 aromatic heterocycles. The Morgan fingerprint density at radius 1 is 1.03 bits per heavy atom. The van der Waals surface area contributed by atoms with Crippen LogP contribution in [0.2, 0.25) is 0 Å². The molecule has 0 saturated heterocycles. The van der Waals surface area contributed by atoms with Crippen LogP contribution in [0.25, 0.3) is 5.69 Å². The van der Waals surface area contributed by atoms with E-state index in [0.29, 0.717) is 17.9 Å². The molecular formula is C23H19FN4O2. The second kappa shape index (κ2) is 9.00. The summed E-state index contributed by atoms with van der Waals surface area (Å²) in [6.07, 6.45) is 3.42. The minimum absolute atomic E-state index is 0.182. The van der Waals surface area contributed by atoms with Gasteiger partial charge in [0.15, 0.2) is 12.4 Å². The monoisotopic (exact) mass is 402 g/mol. The van der Waals surface area contributed by atoms with Gasteiger partial charge in [-0.15, -0.1) is 0 Å². The lowest BCUT2D eigenvalue weighted by Crippen LogP contribution is -2.20. The zero-order valence-electron chi connectivity index (χ0n) is 16.0. The van der Waals surface area contributed by atoms with Crippen LogP contribution in [0, 0.1) is 5.82 Å². The SMILES string of the molecule is O=C(COc1ccccc1Cc1ccccc1)Nc1ccc(-n2cncn2)c(F)c1. The van der Waals surface area contributed by atoms with Crippen LogP contribution in [0.1, 0.15) is 11.1 Å². The van der Waals surface area contributed by atoms with E-state index in [-0.39, 0.29) is 18.2 Å². The van der Waals surface area contributed by atoms with Crippen LogP contribution < -0.4 is 10.1 Å². The van der Waals surface area contributed by atoms with Gasteiger partial charge in [0.25, 0.3) is 5.91 Å². The lowest BCUT2D eigenvalue weighted by atomic mass is 10.0. The van der Waals surface area contributed by atoms with E-state index >= 15 is 0 Å². The number of anilines is 1. The summed E-state index contributed by atoms with van der Waals surface area (Å²) in [4.78, 5) is 16.1. The smallest absolute Gasteiger partial charge is 0.262 e. The molecule has 6 nitrogen and oxygen atoms in total. The van der Waals surface area contributed by atoms with Crippen molar-refractivity contribution in [2.45, 2.75) is 6.42 Å². The Balaban J connectivity index is 1.38. The Kier molecular flexibility index (Phi) is 5.80. The number of para-hydroxylation sites is 1. The van der Waals surface area contributed by atoms with E-state index < -0.39 is 5.82 Å². The van der Waals surface area contributed by atoms with Crippen LogP contribution in [0.4, 0.5) is 10.1 Å². The van der Waals surface area contributed by atoms with Gasteiger partial charge in [-0.25, -0.2) is 14.1 Å². The first-order chi connectivity index (χ1) is 14.7. The molecule has 0 bridgehead atoms.